The van der Waals surface area contributed by atoms with Gasteiger partial charge in [-0.25, -0.2) is 9.59 Å². The first-order valence-corrected chi connectivity index (χ1v) is 11.1. The summed E-state index contributed by atoms with van der Waals surface area (Å²) in [6.45, 7) is 1.03. The van der Waals surface area contributed by atoms with E-state index in [9.17, 15) is 26.3 Å². The smallest absolute Gasteiger partial charge is 0.475 e. The molecular formula is C26H24F6N4O5. The van der Waals surface area contributed by atoms with Gasteiger partial charge >= 0.3 is 24.3 Å². The van der Waals surface area contributed by atoms with Gasteiger partial charge in [-0.2, -0.15) is 36.5 Å². The van der Waals surface area contributed by atoms with Gasteiger partial charge in [-0.05, 0) is 45.5 Å². The van der Waals surface area contributed by atoms with Gasteiger partial charge in [0.1, 0.15) is 0 Å². The lowest BCUT2D eigenvalue weighted by Crippen LogP contribution is -2.21. The lowest BCUT2D eigenvalue weighted by Gasteiger charge is -2.11. The van der Waals surface area contributed by atoms with Gasteiger partial charge < -0.3 is 26.6 Å². The van der Waals surface area contributed by atoms with Crippen molar-refractivity contribution in [3.63, 3.8) is 0 Å². The third-order valence-corrected chi connectivity index (χ3v) is 4.62. The molecule has 15 heteroatoms. The minimum atomic E-state index is -5.08. The van der Waals surface area contributed by atoms with E-state index in [0.717, 1.165) is 33.4 Å². The van der Waals surface area contributed by atoms with Crippen molar-refractivity contribution in [2.75, 3.05) is 0 Å². The van der Waals surface area contributed by atoms with Crippen molar-refractivity contribution in [2.24, 2.45) is 21.9 Å². The second-order valence-electron chi connectivity index (χ2n) is 7.68. The number of nitrogens with zero attached hydrogens (tertiary/aromatic N) is 2. The van der Waals surface area contributed by atoms with Gasteiger partial charge in [0.25, 0.3) is 0 Å². The van der Waals surface area contributed by atoms with E-state index in [4.69, 9.17) is 36.2 Å². The second kappa shape index (κ2) is 16.2. The highest BCUT2D eigenvalue weighted by molar-refractivity contribution is 5.83. The average Bonchev–Trinajstić information content (AvgIpc) is 2.89. The van der Waals surface area contributed by atoms with Crippen LogP contribution in [0.5, 0.6) is 0 Å². The second-order valence-corrected chi connectivity index (χ2v) is 7.68. The zero-order valence-electron chi connectivity index (χ0n) is 20.9. The maximum atomic E-state index is 10.6. The summed E-state index contributed by atoms with van der Waals surface area (Å²) in [6, 6.07) is 24.3. The van der Waals surface area contributed by atoms with E-state index in [1.807, 2.05) is 48.5 Å². The van der Waals surface area contributed by atoms with Crippen LogP contribution in [0.3, 0.4) is 0 Å². The number of ether oxygens (including phenoxy) is 1. The molecule has 41 heavy (non-hydrogen) atoms. The van der Waals surface area contributed by atoms with Crippen LogP contribution in [0.4, 0.5) is 26.3 Å². The number of hydrogen-bond acceptors (Lipinski definition) is 7. The van der Waals surface area contributed by atoms with Crippen molar-refractivity contribution >= 4 is 24.4 Å². The molecule has 0 radical (unpaired) electrons. The Balaban J connectivity index is 0.000000497. The van der Waals surface area contributed by atoms with E-state index in [0.29, 0.717) is 13.2 Å². The van der Waals surface area contributed by atoms with Crippen LogP contribution in [0.2, 0.25) is 0 Å². The molecule has 0 bridgehead atoms. The Kier molecular flexibility index (Phi) is 13.5. The summed E-state index contributed by atoms with van der Waals surface area (Å²) in [5.41, 5.74) is 6.35. The summed E-state index contributed by atoms with van der Waals surface area (Å²) < 4.78 is 69.4. The number of hydrogen-bond donors (Lipinski definition) is 4. The zero-order valence-corrected chi connectivity index (χ0v) is 20.9. The standard InChI is InChI=1S/C22H22N4O.2C2HF3O2/c23-25-13-17-5-3-7-19(11-17)15-27-16-21-8-1-2-10-22(21)20-9-4-6-18(12-20)14-26-24;2*3-2(4,5)1(6)7/h1-14H,15-16,23-24H2;2*(H,6,7). The lowest BCUT2D eigenvalue weighted by atomic mass is 9.98. The summed E-state index contributed by atoms with van der Waals surface area (Å²) in [6.07, 6.45) is -6.91. The Labute approximate surface area is 229 Å². The summed E-state index contributed by atoms with van der Waals surface area (Å²) in [5.74, 6) is 4.96. The van der Waals surface area contributed by atoms with Crippen molar-refractivity contribution in [2.45, 2.75) is 25.6 Å². The summed E-state index contributed by atoms with van der Waals surface area (Å²) in [7, 11) is 0. The van der Waals surface area contributed by atoms with E-state index in [1.165, 1.54) is 0 Å². The molecular weight excluding hydrogens is 562 g/mol. The monoisotopic (exact) mass is 586 g/mol. The SMILES string of the molecule is NN=Cc1cccc(COCc2ccccc2-c2cccc(C=NN)c2)c1.O=C(O)C(F)(F)F.O=C(O)C(F)(F)F. The minimum Gasteiger partial charge on any atom is -0.475 e. The van der Waals surface area contributed by atoms with E-state index >= 15 is 0 Å². The van der Waals surface area contributed by atoms with Crippen molar-refractivity contribution in [1.82, 2.24) is 0 Å². The van der Waals surface area contributed by atoms with Gasteiger partial charge in [0.05, 0.1) is 25.6 Å². The van der Waals surface area contributed by atoms with E-state index in [1.54, 1.807) is 12.4 Å². The van der Waals surface area contributed by atoms with Crippen molar-refractivity contribution in [1.29, 1.82) is 0 Å². The quantitative estimate of drug-likeness (QED) is 0.132. The molecule has 0 unspecified atom stereocenters. The maximum Gasteiger partial charge on any atom is 0.490 e. The minimum absolute atomic E-state index is 0.514. The maximum absolute atomic E-state index is 10.6. The van der Waals surface area contributed by atoms with Gasteiger partial charge in [-0.3, -0.25) is 0 Å². The Morgan fingerprint density at radius 1 is 0.732 bits per heavy atom. The number of carboxylic acids is 2. The average molecular weight is 586 g/mol. The molecule has 0 saturated carbocycles. The molecule has 0 saturated heterocycles. The fraction of sp³-hybridized carbons (Fsp3) is 0.154. The van der Waals surface area contributed by atoms with Gasteiger partial charge in [0, 0.05) is 0 Å². The topological polar surface area (TPSA) is 161 Å². The molecule has 9 nitrogen and oxygen atoms in total. The number of carbonyl (C=O) groups is 2. The number of carboxylic acid groups (broad SMARTS) is 2. The van der Waals surface area contributed by atoms with Gasteiger partial charge in [-0.1, -0.05) is 60.7 Å². The van der Waals surface area contributed by atoms with Crippen LogP contribution in [0, 0.1) is 0 Å². The Morgan fingerprint density at radius 3 is 1.73 bits per heavy atom. The molecule has 0 atom stereocenters. The highest BCUT2D eigenvalue weighted by Gasteiger charge is 2.38. The van der Waals surface area contributed by atoms with Crippen molar-refractivity contribution < 1.29 is 50.9 Å². The molecule has 0 amide bonds. The predicted octanol–water partition coefficient (Wildman–Crippen LogP) is 4.92. The Bertz CT molecular complexity index is 1320. The summed E-state index contributed by atoms with van der Waals surface area (Å²) in [5, 5.41) is 21.4. The lowest BCUT2D eigenvalue weighted by molar-refractivity contribution is -0.193. The third kappa shape index (κ3) is 13.1. The molecule has 0 aliphatic carbocycles. The molecule has 0 fully saturated rings. The van der Waals surface area contributed by atoms with Crippen molar-refractivity contribution in [3.05, 3.63) is 95.1 Å². The van der Waals surface area contributed by atoms with Crippen LogP contribution in [0.15, 0.2) is 83.0 Å². The number of nitrogens with two attached hydrogens (primary N) is 2. The number of aliphatic carboxylic acids is 2. The van der Waals surface area contributed by atoms with Gasteiger partial charge in [-0.15, -0.1) is 0 Å². The molecule has 0 spiro atoms. The number of benzene rings is 3. The van der Waals surface area contributed by atoms with E-state index < -0.39 is 24.3 Å². The highest BCUT2D eigenvalue weighted by atomic mass is 19.4. The van der Waals surface area contributed by atoms with Crippen LogP contribution < -0.4 is 11.7 Å². The first-order chi connectivity index (χ1) is 19.2. The highest BCUT2D eigenvalue weighted by Crippen LogP contribution is 2.25. The van der Waals surface area contributed by atoms with Crippen LogP contribution in [0.1, 0.15) is 22.3 Å². The van der Waals surface area contributed by atoms with E-state index in [-0.39, 0.29) is 0 Å². The normalized spacial score (nSPS) is 11.4. The van der Waals surface area contributed by atoms with Crippen LogP contribution >= 0.6 is 0 Å². The van der Waals surface area contributed by atoms with E-state index in [2.05, 4.69) is 34.5 Å². The molecule has 0 heterocycles. The molecule has 3 rings (SSSR count). The Hall–Kier alpha value is -4.92. The number of alkyl halides is 6. The third-order valence-electron chi connectivity index (χ3n) is 4.62. The Morgan fingerprint density at radius 2 is 1.22 bits per heavy atom. The molecule has 0 aliphatic heterocycles. The van der Waals surface area contributed by atoms with Crippen LogP contribution in [0.25, 0.3) is 11.1 Å². The fourth-order valence-corrected chi connectivity index (χ4v) is 2.93. The zero-order chi connectivity index (χ0) is 31.1. The molecule has 6 N–H and O–H groups in total. The summed E-state index contributed by atoms with van der Waals surface area (Å²) >= 11 is 0. The number of hydrazone groups is 2. The molecule has 0 aliphatic rings. The van der Waals surface area contributed by atoms with Gasteiger partial charge in [0.15, 0.2) is 0 Å². The largest absolute Gasteiger partial charge is 0.490 e. The molecule has 3 aromatic carbocycles. The number of rotatable bonds is 7. The first kappa shape index (κ1) is 34.1. The van der Waals surface area contributed by atoms with Gasteiger partial charge in [0.2, 0.25) is 0 Å². The molecule has 0 aromatic heterocycles. The predicted molar refractivity (Wildman–Crippen MR) is 138 cm³/mol. The fourth-order valence-electron chi connectivity index (χ4n) is 2.93. The molecule has 220 valence electrons. The van der Waals surface area contributed by atoms with Crippen molar-refractivity contribution in [3.8, 4) is 11.1 Å². The van der Waals surface area contributed by atoms with Crippen LogP contribution in [-0.2, 0) is 27.5 Å². The number of halogens is 6. The first-order valence-electron chi connectivity index (χ1n) is 11.1. The molecule has 3 aromatic rings. The van der Waals surface area contributed by atoms with Crippen LogP contribution in [-0.4, -0.2) is 46.9 Å². The summed E-state index contributed by atoms with van der Waals surface area (Å²) in [4.78, 5) is 17.8.